The van der Waals surface area contributed by atoms with Crippen LogP contribution in [0.5, 0.6) is 0 Å². The number of benzene rings is 1. The van der Waals surface area contributed by atoms with Crippen molar-refractivity contribution >= 4 is 23.2 Å². The van der Waals surface area contributed by atoms with Crippen molar-refractivity contribution in [1.29, 1.82) is 0 Å². The van der Waals surface area contributed by atoms with E-state index in [4.69, 9.17) is 0 Å². The standard InChI is InChI=1S/C17H19FN6O/c1-23(2)10-8-19-14-7-9-24-15(11-14)20-17(22-24)21-16(25)12-3-5-13(18)6-4-12/h3-7,9,11,19H,8,10H2,1-2H3,(H,21,22,25). The first-order valence-electron chi connectivity index (χ1n) is 7.83. The van der Waals surface area contributed by atoms with Crippen LogP contribution >= 0.6 is 0 Å². The van der Waals surface area contributed by atoms with Crippen molar-refractivity contribution < 1.29 is 9.18 Å². The number of halogens is 1. The van der Waals surface area contributed by atoms with E-state index >= 15 is 0 Å². The van der Waals surface area contributed by atoms with Gasteiger partial charge in [0, 0.05) is 36.6 Å². The highest BCUT2D eigenvalue weighted by atomic mass is 19.1. The Morgan fingerprint density at radius 2 is 2.00 bits per heavy atom. The lowest BCUT2D eigenvalue weighted by Gasteiger charge is -2.11. The van der Waals surface area contributed by atoms with Gasteiger partial charge in [0.1, 0.15) is 5.82 Å². The number of likely N-dealkylation sites (N-methyl/N-ethyl adjacent to an activating group) is 1. The Labute approximate surface area is 144 Å². The highest BCUT2D eigenvalue weighted by Gasteiger charge is 2.10. The van der Waals surface area contributed by atoms with E-state index in [2.05, 4.69) is 25.6 Å². The molecule has 0 bridgehead atoms. The molecule has 2 heterocycles. The molecule has 2 N–H and O–H groups in total. The average Bonchev–Trinajstić information content (AvgIpc) is 2.96. The highest BCUT2D eigenvalue weighted by molar-refractivity contribution is 6.03. The van der Waals surface area contributed by atoms with Gasteiger partial charge in [0.2, 0.25) is 5.95 Å². The SMILES string of the molecule is CN(C)CCNc1ccn2nc(NC(=O)c3ccc(F)cc3)nc2c1. The summed E-state index contributed by atoms with van der Waals surface area (Å²) in [6, 6.07) is 9.04. The molecule has 7 nitrogen and oxygen atoms in total. The number of nitrogens with one attached hydrogen (secondary N) is 2. The fourth-order valence-corrected chi connectivity index (χ4v) is 2.24. The van der Waals surface area contributed by atoms with Gasteiger partial charge >= 0.3 is 0 Å². The van der Waals surface area contributed by atoms with Gasteiger partial charge in [-0.05, 0) is 44.4 Å². The third-order valence-corrected chi connectivity index (χ3v) is 3.56. The van der Waals surface area contributed by atoms with Crippen LogP contribution in [-0.4, -0.2) is 52.6 Å². The Morgan fingerprint density at radius 3 is 2.72 bits per heavy atom. The lowest BCUT2D eigenvalue weighted by molar-refractivity contribution is 0.102. The second-order valence-corrected chi connectivity index (χ2v) is 5.84. The van der Waals surface area contributed by atoms with Gasteiger partial charge in [-0.25, -0.2) is 8.91 Å². The molecule has 1 amide bonds. The third-order valence-electron chi connectivity index (χ3n) is 3.56. The molecule has 8 heteroatoms. The van der Waals surface area contributed by atoms with Crippen LogP contribution in [0.1, 0.15) is 10.4 Å². The van der Waals surface area contributed by atoms with Crippen molar-refractivity contribution in [3.8, 4) is 0 Å². The topological polar surface area (TPSA) is 74.6 Å². The zero-order valence-electron chi connectivity index (χ0n) is 14.0. The van der Waals surface area contributed by atoms with Gasteiger partial charge < -0.3 is 10.2 Å². The van der Waals surface area contributed by atoms with Gasteiger partial charge in [0.25, 0.3) is 5.91 Å². The van der Waals surface area contributed by atoms with Crippen LogP contribution in [0.15, 0.2) is 42.6 Å². The zero-order chi connectivity index (χ0) is 17.8. The number of aromatic nitrogens is 3. The van der Waals surface area contributed by atoms with E-state index in [1.54, 1.807) is 10.7 Å². The number of pyridine rings is 1. The fourth-order valence-electron chi connectivity index (χ4n) is 2.24. The molecule has 3 rings (SSSR count). The van der Waals surface area contributed by atoms with Gasteiger partial charge in [0.15, 0.2) is 5.65 Å². The average molecular weight is 342 g/mol. The Bertz CT molecular complexity index is 874. The Kier molecular flexibility index (Phi) is 4.90. The molecule has 0 unspecified atom stereocenters. The fraction of sp³-hybridized carbons (Fsp3) is 0.235. The molecule has 0 saturated carbocycles. The second-order valence-electron chi connectivity index (χ2n) is 5.84. The molecule has 0 aliphatic rings. The van der Waals surface area contributed by atoms with Crippen molar-refractivity contribution in [2.75, 3.05) is 37.8 Å². The molecule has 3 aromatic rings. The van der Waals surface area contributed by atoms with Gasteiger partial charge in [-0.3, -0.25) is 10.1 Å². The minimum atomic E-state index is -0.392. The summed E-state index contributed by atoms with van der Waals surface area (Å²) in [5, 5.41) is 10.1. The number of hydrogen-bond acceptors (Lipinski definition) is 5. The van der Waals surface area contributed by atoms with E-state index < -0.39 is 5.82 Å². The largest absolute Gasteiger partial charge is 0.384 e. The van der Waals surface area contributed by atoms with Crippen molar-refractivity contribution in [2.45, 2.75) is 0 Å². The Balaban J connectivity index is 1.70. The number of amides is 1. The molecule has 0 fully saturated rings. The second kappa shape index (κ2) is 7.27. The maximum atomic E-state index is 12.9. The normalized spacial score (nSPS) is 11.0. The first-order chi connectivity index (χ1) is 12.0. The van der Waals surface area contributed by atoms with E-state index in [-0.39, 0.29) is 11.9 Å². The Morgan fingerprint density at radius 1 is 1.24 bits per heavy atom. The third kappa shape index (κ3) is 4.30. The lowest BCUT2D eigenvalue weighted by Crippen LogP contribution is -2.20. The van der Waals surface area contributed by atoms with Crippen LogP contribution in [0.25, 0.3) is 5.65 Å². The first kappa shape index (κ1) is 16.8. The summed E-state index contributed by atoms with van der Waals surface area (Å²) >= 11 is 0. The molecule has 25 heavy (non-hydrogen) atoms. The molecular weight excluding hydrogens is 323 g/mol. The van der Waals surface area contributed by atoms with E-state index in [0.29, 0.717) is 11.2 Å². The summed E-state index contributed by atoms with van der Waals surface area (Å²) in [5.74, 6) is -0.586. The van der Waals surface area contributed by atoms with E-state index in [9.17, 15) is 9.18 Å². The molecular formula is C17H19FN6O. The van der Waals surface area contributed by atoms with Crippen LogP contribution in [-0.2, 0) is 0 Å². The molecule has 0 spiro atoms. The highest BCUT2D eigenvalue weighted by Crippen LogP contribution is 2.13. The molecule has 0 radical (unpaired) electrons. The zero-order valence-corrected chi connectivity index (χ0v) is 14.0. The molecule has 1 aromatic carbocycles. The Hall–Kier alpha value is -3.00. The molecule has 0 saturated heterocycles. The number of fused-ring (bicyclic) bond motifs is 1. The molecule has 0 aliphatic heterocycles. The summed E-state index contributed by atoms with van der Waals surface area (Å²) in [6.45, 7) is 1.72. The number of nitrogens with zero attached hydrogens (tertiary/aromatic N) is 4. The molecule has 2 aromatic heterocycles. The van der Waals surface area contributed by atoms with Crippen molar-refractivity contribution in [1.82, 2.24) is 19.5 Å². The summed E-state index contributed by atoms with van der Waals surface area (Å²) in [7, 11) is 4.03. The molecule has 0 aliphatic carbocycles. The van der Waals surface area contributed by atoms with E-state index in [0.717, 1.165) is 18.8 Å². The summed E-state index contributed by atoms with van der Waals surface area (Å²) in [6.07, 6.45) is 1.77. The van der Waals surface area contributed by atoms with Gasteiger partial charge in [-0.1, -0.05) is 0 Å². The number of hydrogen-bond donors (Lipinski definition) is 2. The summed E-state index contributed by atoms with van der Waals surface area (Å²) in [4.78, 5) is 18.5. The minimum Gasteiger partial charge on any atom is -0.384 e. The van der Waals surface area contributed by atoms with Crippen LogP contribution in [0, 0.1) is 5.82 Å². The number of carbonyl (C=O) groups excluding carboxylic acids is 1. The van der Waals surface area contributed by atoms with Crippen LogP contribution in [0.4, 0.5) is 16.0 Å². The number of anilines is 2. The minimum absolute atomic E-state index is 0.194. The van der Waals surface area contributed by atoms with Crippen molar-refractivity contribution in [3.63, 3.8) is 0 Å². The number of rotatable bonds is 6. The maximum Gasteiger partial charge on any atom is 0.258 e. The molecule has 130 valence electrons. The van der Waals surface area contributed by atoms with Crippen molar-refractivity contribution in [2.24, 2.45) is 0 Å². The van der Waals surface area contributed by atoms with Crippen LogP contribution < -0.4 is 10.6 Å². The van der Waals surface area contributed by atoms with Gasteiger partial charge in [-0.2, -0.15) is 4.98 Å². The van der Waals surface area contributed by atoms with Crippen molar-refractivity contribution in [3.05, 3.63) is 54.0 Å². The lowest BCUT2D eigenvalue weighted by atomic mass is 10.2. The summed E-state index contributed by atoms with van der Waals surface area (Å²) < 4.78 is 14.5. The maximum absolute atomic E-state index is 12.9. The van der Waals surface area contributed by atoms with Gasteiger partial charge in [0.05, 0.1) is 0 Å². The van der Waals surface area contributed by atoms with Crippen LogP contribution in [0.2, 0.25) is 0 Å². The summed E-state index contributed by atoms with van der Waals surface area (Å²) in [5.41, 5.74) is 1.88. The predicted octanol–water partition coefficient (Wildman–Crippen LogP) is 2.09. The van der Waals surface area contributed by atoms with E-state index in [1.165, 1.54) is 24.3 Å². The van der Waals surface area contributed by atoms with E-state index in [1.807, 2.05) is 26.2 Å². The van der Waals surface area contributed by atoms with Gasteiger partial charge in [-0.15, -0.1) is 5.10 Å². The number of carbonyl (C=O) groups is 1. The first-order valence-corrected chi connectivity index (χ1v) is 7.83. The molecule has 0 atom stereocenters. The quantitative estimate of drug-likeness (QED) is 0.718. The van der Waals surface area contributed by atoms with Crippen LogP contribution in [0.3, 0.4) is 0 Å². The smallest absolute Gasteiger partial charge is 0.258 e. The predicted molar refractivity (Wildman–Crippen MR) is 94.4 cm³/mol. The monoisotopic (exact) mass is 342 g/mol.